The van der Waals surface area contributed by atoms with Crippen LogP contribution in [0, 0.1) is 5.41 Å². The normalized spacial score (nSPS) is 12.5. The lowest BCUT2D eigenvalue weighted by Gasteiger charge is -2.44. The van der Waals surface area contributed by atoms with E-state index in [1.54, 1.807) is 0 Å². The summed E-state index contributed by atoms with van der Waals surface area (Å²) in [5, 5.41) is 41.4. The average Bonchev–Trinajstić information content (AvgIpc) is 2.83. The standard InChI is InChI=1S/C29H60O4/c1-3-5-7-9-11-13-15-17-19-21-23-29(33,28(25-30,26-31)27-32)24-22-20-18-16-14-12-10-8-6-4-2/h30-33H,3-27H2,1-2H3. The summed E-state index contributed by atoms with van der Waals surface area (Å²) in [4.78, 5) is 0. The summed E-state index contributed by atoms with van der Waals surface area (Å²) < 4.78 is 0. The summed E-state index contributed by atoms with van der Waals surface area (Å²) >= 11 is 0. The van der Waals surface area contributed by atoms with Crippen molar-refractivity contribution in [3.63, 3.8) is 0 Å². The molecule has 0 aliphatic heterocycles. The first kappa shape index (κ1) is 32.8. The molecule has 0 fully saturated rings. The third-order valence-electron chi connectivity index (χ3n) is 7.78. The molecule has 0 aromatic carbocycles. The molecule has 4 nitrogen and oxygen atoms in total. The highest BCUT2D eigenvalue weighted by atomic mass is 16.3. The van der Waals surface area contributed by atoms with Gasteiger partial charge in [-0.05, 0) is 12.8 Å². The molecule has 0 saturated carbocycles. The Morgan fingerprint density at radius 1 is 0.394 bits per heavy atom. The van der Waals surface area contributed by atoms with Crippen LogP contribution in [-0.4, -0.2) is 45.8 Å². The minimum absolute atomic E-state index is 0.383. The van der Waals surface area contributed by atoms with Crippen molar-refractivity contribution >= 4 is 0 Å². The Labute approximate surface area is 206 Å². The van der Waals surface area contributed by atoms with Crippen molar-refractivity contribution in [2.24, 2.45) is 5.41 Å². The van der Waals surface area contributed by atoms with Gasteiger partial charge in [0.15, 0.2) is 0 Å². The van der Waals surface area contributed by atoms with Crippen molar-refractivity contribution in [2.75, 3.05) is 19.8 Å². The molecule has 200 valence electrons. The zero-order valence-electron chi connectivity index (χ0n) is 22.5. The minimum atomic E-state index is -1.22. The van der Waals surface area contributed by atoms with Crippen molar-refractivity contribution in [3.05, 3.63) is 0 Å². The van der Waals surface area contributed by atoms with Gasteiger partial charge < -0.3 is 20.4 Å². The van der Waals surface area contributed by atoms with E-state index in [4.69, 9.17) is 0 Å². The van der Waals surface area contributed by atoms with Gasteiger partial charge >= 0.3 is 0 Å². The summed E-state index contributed by atoms with van der Waals surface area (Å²) in [5.41, 5.74) is -2.42. The summed E-state index contributed by atoms with van der Waals surface area (Å²) in [5.74, 6) is 0. The zero-order chi connectivity index (χ0) is 24.7. The maximum Gasteiger partial charge on any atom is 0.0770 e. The van der Waals surface area contributed by atoms with Gasteiger partial charge in [-0.1, -0.05) is 142 Å². The topological polar surface area (TPSA) is 80.9 Å². The molecule has 0 atom stereocenters. The molecular formula is C29H60O4. The zero-order valence-corrected chi connectivity index (χ0v) is 22.5. The first-order valence-electron chi connectivity index (χ1n) is 14.6. The quantitative estimate of drug-likeness (QED) is 0.0995. The Morgan fingerprint density at radius 3 is 0.879 bits per heavy atom. The fraction of sp³-hybridized carbons (Fsp3) is 1.00. The van der Waals surface area contributed by atoms with Gasteiger partial charge in [0.2, 0.25) is 0 Å². The van der Waals surface area contributed by atoms with Gasteiger partial charge in [0.05, 0.1) is 30.8 Å². The molecule has 0 bridgehead atoms. The van der Waals surface area contributed by atoms with Crippen LogP contribution in [0.5, 0.6) is 0 Å². The fourth-order valence-electron chi connectivity index (χ4n) is 5.06. The maximum absolute atomic E-state index is 11.5. The number of unbranched alkanes of at least 4 members (excludes halogenated alkanes) is 18. The molecule has 0 aromatic rings. The van der Waals surface area contributed by atoms with Crippen molar-refractivity contribution in [1.29, 1.82) is 0 Å². The lowest BCUT2D eigenvalue weighted by atomic mass is 9.68. The summed E-state index contributed by atoms with van der Waals surface area (Å²) in [6.45, 7) is 3.34. The van der Waals surface area contributed by atoms with Crippen LogP contribution in [0.15, 0.2) is 0 Å². The molecule has 0 aliphatic rings. The predicted molar refractivity (Wildman–Crippen MR) is 142 cm³/mol. The lowest BCUT2D eigenvalue weighted by molar-refractivity contribution is -0.162. The molecule has 0 aromatic heterocycles. The number of hydrogen-bond acceptors (Lipinski definition) is 4. The summed E-state index contributed by atoms with van der Waals surface area (Å²) in [6.07, 6.45) is 25.7. The van der Waals surface area contributed by atoms with Crippen molar-refractivity contribution < 1.29 is 20.4 Å². The molecule has 0 heterocycles. The Bertz CT molecular complexity index is 363. The van der Waals surface area contributed by atoms with E-state index in [0.29, 0.717) is 12.8 Å². The van der Waals surface area contributed by atoms with E-state index in [9.17, 15) is 20.4 Å². The molecule has 0 radical (unpaired) electrons. The van der Waals surface area contributed by atoms with Gasteiger partial charge in [-0.2, -0.15) is 0 Å². The van der Waals surface area contributed by atoms with Gasteiger partial charge in [-0.25, -0.2) is 0 Å². The highest BCUT2D eigenvalue weighted by Gasteiger charge is 2.48. The maximum atomic E-state index is 11.5. The minimum Gasteiger partial charge on any atom is -0.395 e. The van der Waals surface area contributed by atoms with E-state index < -0.39 is 11.0 Å². The van der Waals surface area contributed by atoms with E-state index in [0.717, 1.165) is 25.7 Å². The lowest BCUT2D eigenvalue weighted by Crippen LogP contribution is -2.55. The molecular weight excluding hydrogens is 412 g/mol. The fourth-order valence-corrected chi connectivity index (χ4v) is 5.06. The van der Waals surface area contributed by atoms with Crippen LogP contribution in [0.25, 0.3) is 0 Å². The average molecular weight is 473 g/mol. The molecule has 0 amide bonds. The summed E-state index contributed by atoms with van der Waals surface area (Å²) in [7, 11) is 0. The van der Waals surface area contributed by atoms with Crippen LogP contribution in [0.4, 0.5) is 0 Å². The Kier molecular flexibility index (Phi) is 22.2. The van der Waals surface area contributed by atoms with E-state index in [-0.39, 0.29) is 19.8 Å². The van der Waals surface area contributed by atoms with Crippen molar-refractivity contribution in [1.82, 2.24) is 0 Å². The second kappa shape index (κ2) is 22.3. The third-order valence-corrected chi connectivity index (χ3v) is 7.78. The smallest absolute Gasteiger partial charge is 0.0770 e. The Balaban J connectivity index is 4.27. The first-order valence-corrected chi connectivity index (χ1v) is 14.6. The number of hydrogen-bond donors (Lipinski definition) is 4. The van der Waals surface area contributed by atoms with Gasteiger partial charge in [0.1, 0.15) is 0 Å². The van der Waals surface area contributed by atoms with Crippen LogP contribution in [0.2, 0.25) is 0 Å². The Hall–Kier alpha value is -0.160. The largest absolute Gasteiger partial charge is 0.395 e. The molecule has 0 saturated heterocycles. The SMILES string of the molecule is CCCCCCCCCCCCC(O)(CCCCCCCCCCCC)C(CO)(CO)CO. The highest BCUT2D eigenvalue weighted by molar-refractivity contribution is 4.98. The third kappa shape index (κ3) is 14.8. The van der Waals surface area contributed by atoms with Gasteiger partial charge in [0, 0.05) is 0 Å². The molecule has 4 N–H and O–H groups in total. The Morgan fingerprint density at radius 2 is 0.636 bits per heavy atom. The number of aliphatic hydroxyl groups excluding tert-OH is 3. The van der Waals surface area contributed by atoms with Crippen LogP contribution in [-0.2, 0) is 0 Å². The van der Waals surface area contributed by atoms with Crippen LogP contribution in [0.1, 0.15) is 155 Å². The number of aliphatic hydroxyl groups is 4. The van der Waals surface area contributed by atoms with E-state index in [1.807, 2.05) is 0 Å². The van der Waals surface area contributed by atoms with Crippen LogP contribution < -0.4 is 0 Å². The summed E-state index contributed by atoms with van der Waals surface area (Å²) in [6, 6.07) is 0. The second-order valence-corrected chi connectivity index (χ2v) is 10.7. The van der Waals surface area contributed by atoms with Crippen LogP contribution in [0.3, 0.4) is 0 Å². The van der Waals surface area contributed by atoms with Gasteiger partial charge in [0.25, 0.3) is 0 Å². The van der Waals surface area contributed by atoms with Gasteiger partial charge in [-0.3, -0.25) is 0 Å². The second-order valence-electron chi connectivity index (χ2n) is 10.7. The van der Waals surface area contributed by atoms with Crippen molar-refractivity contribution in [3.8, 4) is 0 Å². The first-order chi connectivity index (χ1) is 16.1. The number of rotatable bonds is 26. The highest BCUT2D eigenvalue weighted by Crippen LogP contribution is 2.39. The molecule has 4 heteroatoms. The predicted octanol–water partition coefficient (Wildman–Crippen LogP) is 7.30. The molecule has 0 aliphatic carbocycles. The van der Waals surface area contributed by atoms with E-state index in [1.165, 1.54) is 103 Å². The monoisotopic (exact) mass is 472 g/mol. The van der Waals surface area contributed by atoms with Gasteiger partial charge in [-0.15, -0.1) is 0 Å². The van der Waals surface area contributed by atoms with E-state index in [2.05, 4.69) is 13.8 Å². The van der Waals surface area contributed by atoms with Crippen molar-refractivity contribution in [2.45, 2.75) is 161 Å². The molecule has 0 spiro atoms. The van der Waals surface area contributed by atoms with E-state index >= 15 is 0 Å². The van der Waals surface area contributed by atoms with Crippen LogP contribution >= 0.6 is 0 Å². The molecule has 0 rings (SSSR count). The molecule has 0 unspecified atom stereocenters. The molecule has 33 heavy (non-hydrogen) atoms.